The van der Waals surface area contributed by atoms with Crippen LogP contribution in [0.4, 0.5) is 0 Å². The fourth-order valence-corrected chi connectivity index (χ4v) is 2.79. The molecule has 24 heavy (non-hydrogen) atoms. The third kappa shape index (κ3) is 5.80. The molecule has 134 valence electrons. The molecule has 5 nitrogen and oxygen atoms in total. The van der Waals surface area contributed by atoms with Gasteiger partial charge in [0.15, 0.2) is 0 Å². The predicted molar refractivity (Wildman–Crippen MR) is 98.4 cm³/mol. The summed E-state index contributed by atoms with van der Waals surface area (Å²) < 4.78 is 0. The number of benzene rings is 1. The molecule has 0 atom stereocenters. The van der Waals surface area contributed by atoms with Gasteiger partial charge < -0.3 is 15.5 Å². The van der Waals surface area contributed by atoms with Gasteiger partial charge in [-0.25, -0.2) is 0 Å². The van der Waals surface area contributed by atoms with E-state index < -0.39 is 0 Å². The fraction of sp³-hybridized carbons (Fsp3) is 0.556. The number of carbonyl (C=O) groups excluding carboxylic acids is 2. The van der Waals surface area contributed by atoms with Gasteiger partial charge in [0.1, 0.15) is 0 Å². The van der Waals surface area contributed by atoms with Crippen molar-refractivity contribution in [2.24, 2.45) is 5.92 Å². The minimum absolute atomic E-state index is 0. The zero-order valence-electron chi connectivity index (χ0n) is 14.7. The summed E-state index contributed by atoms with van der Waals surface area (Å²) in [6, 6.07) is 7.76. The first-order chi connectivity index (χ1) is 11.0. The van der Waals surface area contributed by atoms with Gasteiger partial charge in [0.2, 0.25) is 5.91 Å². The molecule has 0 unspecified atom stereocenters. The Morgan fingerprint density at radius 3 is 2.33 bits per heavy atom. The van der Waals surface area contributed by atoms with Crippen molar-refractivity contribution >= 4 is 24.2 Å². The topological polar surface area (TPSA) is 61.4 Å². The van der Waals surface area contributed by atoms with E-state index in [1.165, 1.54) is 0 Å². The first-order valence-corrected chi connectivity index (χ1v) is 8.33. The lowest BCUT2D eigenvalue weighted by Crippen LogP contribution is -2.42. The molecule has 2 N–H and O–H groups in total. The van der Waals surface area contributed by atoms with Crippen LogP contribution in [0.15, 0.2) is 24.3 Å². The molecule has 0 aromatic heterocycles. The van der Waals surface area contributed by atoms with Crippen LogP contribution in [-0.4, -0.2) is 42.9 Å². The number of hydrogen-bond acceptors (Lipinski definition) is 3. The minimum Gasteiger partial charge on any atom is -0.349 e. The molecule has 0 aliphatic carbocycles. The largest absolute Gasteiger partial charge is 0.349 e. The maximum absolute atomic E-state index is 12.2. The average molecular weight is 354 g/mol. The molecule has 1 aromatic rings. The summed E-state index contributed by atoms with van der Waals surface area (Å²) in [5, 5.41) is 6.37. The third-order valence-corrected chi connectivity index (χ3v) is 4.18. The summed E-state index contributed by atoms with van der Waals surface area (Å²) in [6.45, 7) is 6.27. The number of nitrogens with one attached hydrogen (secondary N) is 2. The van der Waals surface area contributed by atoms with Crippen molar-refractivity contribution in [1.82, 2.24) is 15.5 Å². The van der Waals surface area contributed by atoms with Crippen LogP contribution in [-0.2, 0) is 11.3 Å². The summed E-state index contributed by atoms with van der Waals surface area (Å²) in [5.74, 6) is 0.0998. The SMILES string of the molecule is CC(C)C(=O)N(C)Cc1ccc(C(=O)NC2CCNCC2)cc1.Cl. The maximum Gasteiger partial charge on any atom is 0.251 e. The van der Waals surface area contributed by atoms with Crippen LogP contribution in [0.2, 0.25) is 0 Å². The van der Waals surface area contributed by atoms with Crippen molar-refractivity contribution in [3.05, 3.63) is 35.4 Å². The lowest BCUT2D eigenvalue weighted by molar-refractivity contribution is -0.133. The van der Waals surface area contributed by atoms with Crippen LogP contribution in [0, 0.1) is 5.92 Å². The summed E-state index contributed by atoms with van der Waals surface area (Å²) in [6.07, 6.45) is 1.96. The van der Waals surface area contributed by atoms with Gasteiger partial charge in [-0.05, 0) is 43.6 Å². The second-order valence-electron chi connectivity index (χ2n) is 6.54. The average Bonchev–Trinajstić information content (AvgIpc) is 2.55. The van der Waals surface area contributed by atoms with E-state index in [9.17, 15) is 9.59 Å². The summed E-state index contributed by atoms with van der Waals surface area (Å²) >= 11 is 0. The molecule has 1 fully saturated rings. The van der Waals surface area contributed by atoms with E-state index in [0.29, 0.717) is 12.1 Å². The van der Waals surface area contributed by atoms with Gasteiger partial charge >= 0.3 is 0 Å². The fourth-order valence-electron chi connectivity index (χ4n) is 2.79. The number of hydrogen-bond donors (Lipinski definition) is 2. The predicted octanol–water partition coefficient (Wildman–Crippen LogP) is 2.20. The van der Waals surface area contributed by atoms with Crippen molar-refractivity contribution in [3.8, 4) is 0 Å². The number of piperidine rings is 1. The normalized spacial score (nSPS) is 14.8. The molecule has 1 saturated heterocycles. The monoisotopic (exact) mass is 353 g/mol. The van der Waals surface area contributed by atoms with Gasteiger partial charge in [-0.15, -0.1) is 12.4 Å². The smallest absolute Gasteiger partial charge is 0.251 e. The van der Waals surface area contributed by atoms with E-state index in [-0.39, 0.29) is 36.2 Å². The van der Waals surface area contributed by atoms with E-state index in [1.807, 2.05) is 38.1 Å². The van der Waals surface area contributed by atoms with Gasteiger partial charge in [0.25, 0.3) is 5.91 Å². The van der Waals surface area contributed by atoms with Crippen LogP contribution < -0.4 is 10.6 Å². The minimum atomic E-state index is -0.0185. The molecule has 2 amide bonds. The Morgan fingerprint density at radius 1 is 1.21 bits per heavy atom. The van der Waals surface area contributed by atoms with E-state index in [4.69, 9.17) is 0 Å². The summed E-state index contributed by atoms with van der Waals surface area (Å²) in [5.41, 5.74) is 1.70. The standard InChI is InChI=1S/C18H27N3O2.ClH/c1-13(2)18(23)21(3)12-14-4-6-15(7-5-14)17(22)20-16-8-10-19-11-9-16;/h4-7,13,16,19H,8-12H2,1-3H3,(H,20,22);1H. The van der Waals surface area contributed by atoms with Crippen LogP contribution >= 0.6 is 12.4 Å². The number of halogens is 1. The van der Waals surface area contributed by atoms with Gasteiger partial charge in [0.05, 0.1) is 0 Å². The quantitative estimate of drug-likeness (QED) is 0.853. The Labute approximate surface area is 150 Å². The molecule has 0 radical (unpaired) electrons. The van der Waals surface area contributed by atoms with Gasteiger partial charge in [0, 0.05) is 31.1 Å². The Balaban J connectivity index is 0.00000288. The van der Waals surface area contributed by atoms with E-state index in [0.717, 1.165) is 31.5 Å². The molecule has 1 aliphatic rings. The van der Waals surface area contributed by atoms with E-state index in [2.05, 4.69) is 10.6 Å². The molecule has 1 heterocycles. The van der Waals surface area contributed by atoms with Crippen molar-refractivity contribution in [1.29, 1.82) is 0 Å². The highest BCUT2D eigenvalue weighted by molar-refractivity contribution is 5.94. The molecular formula is C18H28ClN3O2. The highest BCUT2D eigenvalue weighted by atomic mass is 35.5. The van der Waals surface area contributed by atoms with Gasteiger partial charge in [-0.2, -0.15) is 0 Å². The van der Waals surface area contributed by atoms with Crippen LogP contribution in [0.5, 0.6) is 0 Å². The lowest BCUT2D eigenvalue weighted by Gasteiger charge is -2.23. The zero-order chi connectivity index (χ0) is 16.8. The number of nitrogens with zero attached hydrogens (tertiary/aromatic N) is 1. The Morgan fingerprint density at radius 2 is 1.79 bits per heavy atom. The second kappa shape index (κ2) is 9.64. The first-order valence-electron chi connectivity index (χ1n) is 8.33. The Hall–Kier alpha value is -1.59. The highest BCUT2D eigenvalue weighted by Gasteiger charge is 2.17. The molecule has 0 saturated carbocycles. The maximum atomic E-state index is 12.2. The van der Waals surface area contributed by atoms with Crippen molar-refractivity contribution in [2.75, 3.05) is 20.1 Å². The van der Waals surface area contributed by atoms with Crippen LogP contribution in [0.3, 0.4) is 0 Å². The highest BCUT2D eigenvalue weighted by Crippen LogP contribution is 2.10. The summed E-state index contributed by atoms with van der Waals surface area (Å²) in [7, 11) is 1.81. The number of amides is 2. The molecule has 0 spiro atoms. The van der Waals surface area contributed by atoms with Gasteiger partial charge in [-0.3, -0.25) is 9.59 Å². The van der Waals surface area contributed by atoms with Crippen molar-refractivity contribution in [2.45, 2.75) is 39.3 Å². The Kier molecular flexibility index (Phi) is 8.22. The van der Waals surface area contributed by atoms with Gasteiger partial charge in [-0.1, -0.05) is 26.0 Å². The summed E-state index contributed by atoms with van der Waals surface area (Å²) in [4.78, 5) is 25.9. The molecular weight excluding hydrogens is 326 g/mol. The van der Waals surface area contributed by atoms with E-state index in [1.54, 1.807) is 11.9 Å². The molecule has 0 bridgehead atoms. The molecule has 1 aliphatic heterocycles. The van der Waals surface area contributed by atoms with E-state index >= 15 is 0 Å². The number of carbonyl (C=O) groups is 2. The lowest BCUT2D eigenvalue weighted by atomic mass is 10.1. The zero-order valence-corrected chi connectivity index (χ0v) is 15.5. The van der Waals surface area contributed by atoms with Crippen molar-refractivity contribution < 1.29 is 9.59 Å². The third-order valence-electron chi connectivity index (χ3n) is 4.18. The molecule has 6 heteroatoms. The van der Waals surface area contributed by atoms with Crippen LogP contribution in [0.25, 0.3) is 0 Å². The van der Waals surface area contributed by atoms with Crippen molar-refractivity contribution in [3.63, 3.8) is 0 Å². The Bertz CT molecular complexity index is 540. The number of rotatable bonds is 5. The van der Waals surface area contributed by atoms with Crippen LogP contribution in [0.1, 0.15) is 42.6 Å². The molecule has 2 rings (SSSR count). The second-order valence-corrected chi connectivity index (χ2v) is 6.54. The first kappa shape index (κ1) is 20.5. The molecule has 1 aromatic carbocycles.